The Balaban J connectivity index is 1.57. The van der Waals surface area contributed by atoms with E-state index in [2.05, 4.69) is 52.3 Å². The van der Waals surface area contributed by atoms with Crippen LogP contribution in [0.25, 0.3) is 11.3 Å². The highest BCUT2D eigenvalue weighted by Gasteiger charge is 2.21. The number of benzene rings is 1. The summed E-state index contributed by atoms with van der Waals surface area (Å²) < 4.78 is 4.11. The van der Waals surface area contributed by atoms with E-state index in [0.717, 1.165) is 29.3 Å². The predicted molar refractivity (Wildman–Crippen MR) is 121 cm³/mol. The highest BCUT2D eigenvalue weighted by Crippen LogP contribution is 2.20. The molecule has 6 nitrogen and oxygen atoms in total. The van der Waals surface area contributed by atoms with Crippen molar-refractivity contribution in [2.45, 2.75) is 26.3 Å². The molecule has 0 spiro atoms. The Morgan fingerprint density at radius 2 is 1.77 bits per heavy atom. The molecule has 3 aromatic heterocycles. The molecule has 30 heavy (non-hydrogen) atoms. The van der Waals surface area contributed by atoms with E-state index in [9.17, 15) is 4.79 Å². The summed E-state index contributed by atoms with van der Waals surface area (Å²) in [5, 5.41) is 11.7. The van der Waals surface area contributed by atoms with Crippen LogP contribution in [0.2, 0.25) is 0 Å². The zero-order valence-electron chi connectivity index (χ0n) is 17.4. The number of pyridine rings is 1. The monoisotopic (exact) mass is 419 g/mol. The van der Waals surface area contributed by atoms with Gasteiger partial charge in [-0.25, -0.2) is 0 Å². The van der Waals surface area contributed by atoms with Crippen LogP contribution in [0.5, 0.6) is 0 Å². The molecule has 0 aliphatic rings. The standard InChI is InChI=1S/C23H25N5OS/c1-16-7-8-17(2)28(16)19-11-9-18(10-12-19)23(29)24-20(13-15-30-3)22-26-25-21-6-4-5-14-27(21)22/h4-12,14,20H,13,15H2,1-3H3,(H,24,29). The van der Waals surface area contributed by atoms with Crippen LogP contribution in [0.3, 0.4) is 0 Å². The molecule has 0 aliphatic carbocycles. The first-order valence-corrected chi connectivity index (χ1v) is 11.3. The number of thioether (sulfide) groups is 1. The number of amides is 1. The fraction of sp³-hybridized carbons (Fsp3) is 0.261. The van der Waals surface area contributed by atoms with Crippen molar-refractivity contribution in [2.75, 3.05) is 12.0 Å². The van der Waals surface area contributed by atoms with Gasteiger partial charge < -0.3 is 9.88 Å². The Labute approximate surface area is 180 Å². The molecule has 0 aliphatic heterocycles. The predicted octanol–water partition coefficient (Wildman–Crippen LogP) is 4.36. The lowest BCUT2D eigenvalue weighted by atomic mass is 10.1. The van der Waals surface area contributed by atoms with Gasteiger partial charge in [0, 0.05) is 28.8 Å². The summed E-state index contributed by atoms with van der Waals surface area (Å²) >= 11 is 1.75. The molecular formula is C23H25N5OS. The largest absolute Gasteiger partial charge is 0.342 e. The minimum Gasteiger partial charge on any atom is -0.342 e. The van der Waals surface area contributed by atoms with Crippen molar-refractivity contribution in [3.8, 4) is 5.69 Å². The van der Waals surface area contributed by atoms with E-state index >= 15 is 0 Å². The Kier molecular flexibility index (Phi) is 5.90. The summed E-state index contributed by atoms with van der Waals surface area (Å²) in [5.74, 6) is 1.56. The molecule has 4 aromatic rings. The molecule has 1 N–H and O–H groups in total. The number of fused-ring (bicyclic) bond motifs is 1. The van der Waals surface area contributed by atoms with Crippen molar-refractivity contribution in [1.29, 1.82) is 0 Å². The van der Waals surface area contributed by atoms with Gasteiger partial charge in [-0.3, -0.25) is 9.20 Å². The summed E-state index contributed by atoms with van der Waals surface area (Å²) in [6.45, 7) is 4.15. The van der Waals surface area contributed by atoms with Gasteiger partial charge in [-0.1, -0.05) is 6.07 Å². The van der Waals surface area contributed by atoms with Crippen LogP contribution in [0, 0.1) is 13.8 Å². The van der Waals surface area contributed by atoms with Gasteiger partial charge in [-0.05, 0) is 80.8 Å². The molecule has 1 atom stereocenters. The molecule has 0 saturated carbocycles. The average molecular weight is 420 g/mol. The normalized spacial score (nSPS) is 12.2. The fourth-order valence-corrected chi connectivity index (χ4v) is 4.15. The van der Waals surface area contributed by atoms with Crippen molar-refractivity contribution in [1.82, 2.24) is 24.5 Å². The molecular weight excluding hydrogens is 394 g/mol. The van der Waals surface area contributed by atoms with E-state index in [1.54, 1.807) is 11.8 Å². The third-order valence-corrected chi connectivity index (χ3v) is 5.87. The Hall–Kier alpha value is -3.06. The second-order valence-corrected chi connectivity index (χ2v) is 8.28. The Morgan fingerprint density at radius 3 is 2.47 bits per heavy atom. The van der Waals surface area contributed by atoms with Crippen LogP contribution in [-0.4, -0.2) is 37.1 Å². The van der Waals surface area contributed by atoms with Crippen LogP contribution < -0.4 is 5.32 Å². The Bertz CT molecular complexity index is 1140. The Morgan fingerprint density at radius 1 is 1.03 bits per heavy atom. The van der Waals surface area contributed by atoms with Gasteiger partial charge in [0.25, 0.3) is 5.91 Å². The molecule has 154 valence electrons. The van der Waals surface area contributed by atoms with Gasteiger partial charge >= 0.3 is 0 Å². The number of hydrogen-bond donors (Lipinski definition) is 1. The van der Waals surface area contributed by atoms with Crippen LogP contribution >= 0.6 is 11.8 Å². The fourth-order valence-electron chi connectivity index (χ4n) is 3.68. The number of hydrogen-bond acceptors (Lipinski definition) is 4. The van der Waals surface area contributed by atoms with E-state index in [1.165, 1.54) is 11.4 Å². The number of rotatable bonds is 7. The lowest BCUT2D eigenvalue weighted by molar-refractivity contribution is 0.0934. The first-order chi connectivity index (χ1) is 14.6. The number of aryl methyl sites for hydroxylation is 2. The molecule has 1 unspecified atom stereocenters. The topological polar surface area (TPSA) is 64.2 Å². The third kappa shape index (κ3) is 3.98. The van der Waals surface area contributed by atoms with Crippen LogP contribution in [0.1, 0.15) is 40.0 Å². The maximum atomic E-state index is 13.0. The van der Waals surface area contributed by atoms with E-state index in [0.29, 0.717) is 5.56 Å². The molecule has 1 amide bonds. The number of nitrogens with one attached hydrogen (secondary N) is 1. The van der Waals surface area contributed by atoms with Crippen LogP contribution in [0.4, 0.5) is 0 Å². The first kappa shape index (κ1) is 20.2. The lowest BCUT2D eigenvalue weighted by Gasteiger charge is -2.17. The van der Waals surface area contributed by atoms with Gasteiger partial charge in [0.05, 0.1) is 6.04 Å². The number of carbonyl (C=O) groups is 1. The summed E-state index contributed by atoms with van der Waals surface area (Å²) in [6.07, 6.45) is 4.77. The van der Waals surface area contributed by atoms with Gasteiger partial charge in [0.2, 0.25) is 0 Å². The average Bonchev–Trinajstić information content (AvgIpc) is 3.34. The number of aromatic nitrogens is 4. The molecule has 1 aromatic carbocycles. The third-order valence-electron chi connectivity index (χ3n) is 5.23. The second kappa shape index (κ2) is 8.75. The highest BCUT2D eigenvalue weighted by molar-refractivity contribution is 7.98. The quantitative estimate of drug-likeness (QED) is 0.483. The van der Waals surface area contributed by atoms with Gasteiger partial charge in [-0.15, -0.1) is 10.2 Å². The molecule has 0 saturated heterocycles. The van der Waals surface area contributed by atoms with Gasteiger partial charge in [-0.2, -0.15) is 11.8 Å². The highest BCUT2D eigenvalue weighted by atomic mass is 32.2. The summed E-state index contributed by atoms with van der Waals surface area (Å²) in [7, 11) is 0. The second-order valence-electron chi connectivity index (χ2n) is 7.29. The smallest absolute Gasteiger partial charge is 0.251 e. The SMILES string of the molecule is CSCCC(NC(=O)c1ccc(-n2c(C)ccc2C)cc1)c1nnc2ccccn12. The molecule has 4 rings (SSSR count). The zero-order chi connectivity index (χ0) is 21.1. The lowest BCUT2D eigenvalue weighted by Crippen LogP contribution is -2.30. The first-order valence-electron chi connectivity index (χ1n) is 9.93. The van der Waals surface area contributed by atoms with Crippen LogP contribution in [0.15, 0.2) is 60.8 Å². The number of nitrogens with zero attached hydrogens (tertiary/aromatic N) is 4. The van der Waals surface area contributed by atoms with Gasteiger partial charge in [0.1, 0.15) is 0 Å². The summed E-state index contributed by atoms with van der Waals surface area (Å²) in [4.78, 5) is 13.0. The maximum absolute atomic E-state index is 13.0. The minimum absolute atomic E-state index is 0.110. The molecule has 0 bridgehead atoms. The summed E-state index contributed by atoms with van der Waals surface area (Å²) in [5.41, 5.74) is 4.79. The van der Waals surface area contributed by atoms with Crippen molar-refractivity contribution >= 4 is 23.3 Å². The van der Waals surface area contributed by atoms with E-state index < -0.39 is 0 Å². The van der Waals surface area contributed by atoms with E-state index in [1.807, 2.05) is 53.1 Å². The van der Waals surface area contributed by atoms with Crippen molar-refractivity contribution < 1.29 is 4.79 Å². The van der Waals surface area contributed by atoms with Crippen molar-refractivity contribution in [2.24, 2.45) is 0 Å². The zero-order valence-corrected chi connectivity index (χ0v) is 18.2. The molecule has 7 heteroatoms. The number of carbonyl (C=O) groups excluding carboxylic acids is 1. The molecule has 0 radical (unpaired) electrons. The maximum Gasteiger partial charge on any atom is 0.251 e. The van der Waals surface area contributed by atoms with Gasteiger partial charge in [0.15, 0.2) is 11.5 Å². The summed E-state index contributed by atoms with van der Waals surface area (Å²) in [6, 6.07) is 17.5. The molecule has 3 heterocycles. The van der Waals surface area contributed by atoms with E-state index in [4.69, 9.17) is 0 Å². The van der Waals surface area contributed by atoms with Crippen LogP contribution in [-0.2, 0) is 0 Å². The molecule has 0 fully saturated rings. The van der Waals surface area contributed by atoms with E-state index in [-0.39, 0.29) is 11.9 Å². The van der Waals surface area contributed by atoms with Crippen molar-refractivity contribution in [3.05, 3.63) is 83.6 Å². The minimum atomic E-state index is -0.212. The van der Waals surface area contributed by atoms with Crippen molar-refractivity contribution in [3.63, 3.8) is 0 Å².